The Balaban J connectivity index is 2.00. The highest BCUT2D eigenvalue weighted by Crippen LogP contribution is 2.40. The number of primary amides is 1. The van der Waals surface area contributed by atoms with E-state index in [9.17, 15) is 9.59 Å². The third kappa shape index (κ3) is 4.22. The molecule has 150 valence electrons. The van der Waals surface area contributed by atoms with E-state index in [1.54, 1.807) is 4.90 Å². The van der Waals surface area contributed by atoms with Gasteiger partial charge < -0.3 is 10.5 Å². The zero-order chi connectivity index (χ0) is 20.5. The first kappa shape index (κ1) is 20.0. The van der Waals surface area contributed by atoms with Gasteiger partial charge in [0.05, 0.1) is 11.7 Å². The summed E-state index contributed by atoms with van der Waals surface area (Å²) in [4.78, 5) is 25.8. The van der Waals surface area contributed by atoms with Gasteiger partial charge >= 0.3 is 12.1 Å². The number of anilines is 1. The second kappa shape index (κ2) is 7.71. The van der Waals surface area contributed by atoms with Gasteiger partial charge in [-0.05, 0) is 45.7 Å². The Hall–Kier alpha value is -2.74. The minimum atomic E-state index is -0.749. The lowest BCUT2D eigenvalue weighted by molar-refractivity contribution is 0.0221. The van der Waals surface area contributed by atoms with Crippen LogP contribution in [0.4, 0.5) is 15.4 Å². The number of nitrogens with two attached hydrogens (primary N) is 1. The number of rotatable bonds is 3. The predicted octanol–water partition coefficient (Wildman–Crippen LogP) is 4.09. The molecule has 0 spiro atoms. The summed E-state index contributed by atoms with van der Waals surface area (Å²) in [6, 6.07) is 8.14. The van der Waals surface area contributed by atoms with Crippen molar-refractivity contribution < 1.29 is 14.3 Å². The molecular weight excluding hydrogens is 382 g/mol. The Morgan fingerprint density at radius 2 is 1.96 bits per heavy atom. The first-order valence-corrected chi connectivity index (χ1v) is 9.45. The number of ether oxygens (including phenoxy) is 1. The van der Waals surface area contributed by atoms with E-state index in [-0.39, 0.29) is 16.9 Å². The van der Waals surface area contributed by atoms with E-state index in [0.29, 0.717) is 24.3 Å². The van der Waals surface area contributed by atoms with Crippen LogP contribution in [0.5, 0.6) is 0 Å². The van der Waals surface area contributed by atoms with Crippen LogP contribution in [0.3, 0.4) is 0 Å². The highest BCUT2D eigenvalue weighted by Gasteiger charge is 2.37. The van der Waals surface area contributed by atoms with E-state index in [1.807, 2.05) is 51.1 Å². The van der Waals surface area contributed by atoms with Gasteiger partial charge in [0.2, 0.25) is 0 Å². The molecule has 0 bridgehead atoms. The Labute approximate surface area is 168 Å². The summed E-state index contributed by atoms with van der Waals surface area (Å²) < 4.78 is 7.04. The molecule has 2 aromatic rings. The van der Waals surface area contributed by atoms with Gasteiger partial charge in [0.1, 0.15) is 16.3 Å². The van der Waals surface area contributed by atoms with Crippen molar-refractivity contribution in [3.8, 4) is 5.69 Å². The molecule has 1 unspecified atom stereocenters. The molecular formula is C19H24ClN5O3. The molecule has 3 rings (SSSR count). The first-order chi connectivity index (χ1) is 13.2. The summed E-state index contributed by atoms with van der Waals surface area (Å²) in [6.07, 6.45) is 1.09. The number of hydrogen-bond acceptors (Lipinski definition) is 4. The van der Waals surface area contributed by atoms with Crippen molar-refractivity contribution in [3.05, 3.63) is 41.0 Å². The van der Waals surface area contributed by atoms with Crippen molar-refractivity contribution in [3.63, 3.8) is 0 Å². The number of hydrogen-bond donors (Lipinski definition) is 2. The van der Waals surface area contributed by atoms with Crippen LogP contribution in [0.25, 0.3) is 5.69 Å². The topological polar surface area (TPSA) is 102 Å². The molecule has 1 fully saturated rings. The van der Waals surface area contributed by atoms with Gasteiger partial charge in [-0.3, -0.25) is 10.2 Å². The van der Waals surface area contributed by atoms with Gasteiger partial charge in [0.15, 0.2) is 5.82 Å². The van der Waals surface area contributed by atoms with Gasteiger partial charge in [-0.2, -0.15) is 5.10 Å². The Kier molecular flexibility index (Phi) is 5.51. The maximum Gasteiger partial charge on any atom is 0.410 e. The zero-order valence-corrected chi connectivity index (χ0v) is 16.9. The van der Waals surface area contributed by atoms with E-state index in [0.717, 1.165) is 6.42 Å². The normalized spacial score (nSPS) is 16.9. The largest absolute Gasteiger partial charge is 0.444 e. The average Bonchev–Trinajstić information content (AvgIpc) is 3.20. The second-order valence-corrected chi connectivity index (χ2v) is 7.99. The molecule has 1 saturated heterocycles. The van der Waals surface area contributed by atoms with E-state index in [4.69, 9.17) is 22.1 Å². The van der Waals surface area contributed by atoms with Crippen LogP contribution in [0.1, 0.15) is 45.3 Å². The number of aromatic nitrogens is 2. The number of carbonyl (C=O) groups is 2. The quantitative estimate of drug-likeness (QED) is 0.802. The summed E-state index contributed by atoms with van der Waals surface area (Å²) in [5.41, 5.74) is 5.92. The third-order valence-electron chi connectivity index (χ3n) is 4.29. The monoisotopic (exact) mass is 405 g/mol. The van der Waals surface area contributed by atoms with Crippen molar-refractivity contribution >= 4 is 29.5 Å². The van der Waals surface area contributed by atoms with Crippen LogP contribution >= 0.6 is 11.6 Å². The van der Waals surface area contributed by atoms with Gasteiger partial charge in [0.25, 0.3) is 0 Å². The lowest BCUT2D eigenvalue weighted by atomic mass is 10.1. The van der Waals surface area contributed by atoms with Crippen molar-refractivity contribution in [1.82, 2.24) is 14.7 Å². The fourth-order valence-corrected chi connectivity index (χ4v) is 3.49. The van der Waals surface area contributed by atoms with E-state index >= 15 is 0 Å². The standard InChI is InChI=1S/C19H24ClN5O3/c1-19(2,3)28-18(27)24-11-7-10-13(24)15-14(20)16(22-17(21)26)25(23-15)12-8-5-4-6-9-12/h4-6,8-9,13H,7,10-11H2,1-3H3,(H3,21,22,26). The number of carbonyl (C=O) groups excluding carboxylic acids is 2. The third-order valence-corrected chi connectivity index (χ3v) is 4.66. The average molecular weight is 406 g/mol. The smallest absolute Gasteiger partial charge is 0.410 e. The summed E-state index contributed by atoms with van der Waals surface area (Å²) in [5.74, 6) is 0.270. The molecule has 1 atom stereocenters. The number of nitrogens with one attached hydrogen (secondary N) is 1. The fourth-order valence-electron chi connectivity index (χ4n) is 3.20. The van der Waals surface area contributed by atoms with Crippen molar-refractivity contribution in [1.29, 1.82) is 0 Å². The molecule has 1 aromatic carbocycles. The molecule has 1 aliphatic heterocycles. The molecule has 3 amide bonds. The number of nitrogens with zero attached hydrogens (tertiary/aromatic N) is 3. The van der Waals surface area contributed by atoms with Gasteiger partial charge in [-0.15, -0.1) is 0 Å². The maximum atomic E-state index is 12.6. The van der Waals surface area contributed by atoms with E-state index in [2.05, 4.69) is 10.4 Å². The number of amides is 3. The summed E-state index contributed by atoms with van der Waals surface area (Å²) in [6.45, 7) is 6.01. The molecule has 1 aliphatic rings. The molecule has 1 aromatic heterocycles. The Morgan fingerprint density at radius 3 is 2.57 bits per heavy atom. The number of likely N-dealkylation sites (tertiary alicyclic amines) is 1. The van der Waals surface area contributed by atoms with Crippen LogP contribution in [0, 0.1) is 0 Å². The molecule has 0 radical (unpaired) electrons. The Morgan fingerprint density at radius 1 is 1.29 bits per heavy atom. The van der Waals surface area contributed by atoms with E-state index in [1.165, 1.54) is 4.68 Å². The van der Waals surface area contributed by atoms with Crippen LogP contribution in [0.2, 0.25) is 5.02 Å². The SMILES string of the molecule is CC(C)(C)OC(=O)N1CCCC1c1nn(-c2ccccc2)c(NC(N)=O)c1Cl. The molecule has 3 N–H and O–H groups in total. The van der Waals surface area contributed by atoms with Crippen molar-refractivity contribution in [2.24, 2.45) is 5.73 Å². The molecule has 2 heterocycles. The Bertz CT molecular complexity index is 876. The molecule has 0 saturated carbocycles. The summed E-state index contributed by atoms with van der Waals surface area (Å²) >= 11 is 6.57. The highest BCUT2D eigenvalue weighted by molar-refractivity contribution is 6.34. The van der Waals surface area contributed by atoms with Crippen molar-refractivity contribution in [2.75, 3.05) is 11.9 Å². The molecule has 8 nitrogen and oxygen atoms in total. The van der Waals surface area contributed by atoms with Gasteiger partial charge in [0, 0.05) is 6.54 Å². The van der Waals surface area contributed by atoms with E-state index < -0.39 is 17.7 Å². The zero-order valence-electron chi connectivity index (χ0n) is 16.1. The van der Waals surface area contributed by atoms with Crippen LogP contribution in [0.15, 0.2) is 30.3 Å². The minimum Gasteiger partial charge on any atom is -0.444 e. The lowest BCUT2D eigenvalue weighted by Gasteiger charge is -2.28. The first-order valence-electron chi connectivity index (χ1n) is 9.07. The molecule has 9 heteroatoms. The lowest BCUT2D eigenvalue weighted by Crippen LogP contribution is -2.36. The number of halogens is 1. The van der Waals surface area contributed by atoms with Crippen LogP contribution < -0.4 is 11.1 Å². The van der Waals surface area contributed by atoms with Crippen molar-refractivity contribution in [2.45, 2.75) is 45.3 Å². The minimum absolute atomic E-state index is 0.253. The maximum absolute atomic E-state index is 12.6. The highest BCUT2D eigenvalue weighted by atomic mass is 35.5. The van der Waals surface area contributed by atoms with Gasteiger partial charge in [-0.25, -0.2) is 14.3 Å². The second-order valence-electron chi connectivity index (χ2n) is 7.62. The van der Waals surface area contributed by atoms with Gasteiger partial charge in [-0.1, -0.05) is 29.8 Å². The summed E-state index contributed by atoms with van der Waals surface area (Å²) in [7, 11) is 0. The predicted molar refractivity (Wildman–Crippen MR) is 107 cm³/mol. The number of para-hydroxylation sites is 1. The van der Waals surface area contributed by atoms with Crippen LogP contribution in [-0.4, -0.2) is 39.0 Å². The molecule has 0 aliphatic carbocycles. The summed E-state index contributed by atoms with van der Waals surface area (Å²) in [5, 5.41) is 7.40. The number of benzene rings is 1. The molecule has 28 heavy (non-hydrogen) atoms. The van der Waals surface area contributed by atoms with Crippen LogP contribution in [-0.2, 0) is 4.74 Å². The number of urea groups is 1. The fraction of sp³-hybridized carbons (Fsp3) is 0.421.